The molecule has 1 rings (SSSR count). The molecule has 0 saturated heterocycles. The minimum absolute atomic E-state index is 0.213. The van der Waals surface area contributed by atoms with Crippen molar-refractivity contribution in [1.29, 1.82) is 0 Å². The molecule has 0 aromatic rings. The summed E-state index contributed by atoms with van der Waals surface area (Å²) in [5, 5.41) is 0. The summed E-state index contributed by atoms with van der Waals surface area (Å²) in [7, 11) is 0. The van der Waals surface area contributed by atoms with Gasteiger partial charge in [-0.15, -0.1) is 0 Å². The molecule has 1 heteroatoms. The average Bonchev–Trinajstić information content (AvgIpc) is 2.02. The molecule has 14 heavy (non-hydrogen) atoms. The summed E-state index contributed by atoms with van der Waals surface area (Å²) in [6.45, 7) is 12.1. The maximum atomic E-state index is 12.1. The highest BCUT2D eigenvalue weighted by Crippen LogP contribution is 2.33. The second kappa shape index (κ2) is 4.12. The van der Waals surface area contributed by atoms with Gasteiger partial charge in [-0.05, 0) is 38.2 Å². The van der Waals surface area contributed by atoms with Crippen LogP contribution in [0.4, 0.5) is 0 Å². The molecule has 0 heterocycles. The molecule has 1 unspecified atom stereocenters. The molecule has 1 aliphatic rings. The molecule has 0 bridgehead atoms. The first-order valence-electron chi connectivity index (χ1n) is 5.35. The number of Topliss-reactive ketones (excluding diaryl/α,β-unsaturated/α-hetero) is 1. The molecule has 78 valence electrons. The number of hydrogen-bond donors (Lipinski definition) is 0. The third-order valence-corrected chi connectivity index (χ3v) is 3.07. The summed E-state index contributed by atoms with van der Waals surface area (Å²) in [5.74, 6) is 0.978. The fraction of sp³-hybridized carbons (Fsp3) is 0.615. The van der Waals surface area contributed by atoms with Crippen molar-refractivity contribution in [2.24, 2.45) is 11.8 Å². The van der Waals surface area contributed by atoms with Gasteiger partial charge in [-0.3, -0.25) is 4.79 Å². The van der Waals surface area contributed by atoms with Gasteiger partial charge in [0, 0.05) is 11.5 Å². The van der Waals surface area contributed by atoms with Crippen LogP contribution in [-0.4, -0.2) is 5.78 Å². The van der Waals surface area contributed by atoms with E-state index in [0.29, 0.717) is 11.7 Å². The van der Waals surface area contributed by atoms with Crippen molar-refractivity contribution >= 4 is 5.78 Å². The standard InChI is InChI=1S/C13H20O/c1-8(2)11-7-6-10(5)12(9(3)4)13(11)14/h8,11H,3,6-7H2,1-2,4-5H3. The van der Waals surface area contributed by atoms with Crippen molar-refractivity contribution in [2.75, 3.05) is 0 Å². The Morgan fingerprint density at radius 1 is 1.50 bits per heavy atom. The Morgan fingerprint density at radius 3 is 2.50 bits per heavy atom. The predicted octanol–water partition coefficient (Wildman–Crippen LogP) is 3.51. The van der Waals surface area contributed by atoms with Gasteiger partial charge in [-0.2, -0.15) is 0 Å². The summed E-state index contributed by atoms with van der Waals surface area (Å²) >= 11 is 0. The third kappa shape index (κ3) is 1.97. The molecule has 1 atom stereocenters. The highest BCUT2D eigenvalue weighted by molar-refractivity contribution is 6.02. The van der Waals surface area contributed by atoms with Gasteiger partial charge in [0.1, 0.15) is 0 Å². The Hall–Kier alpha value is -0.850. The van der Waals surface area contributed by atoms with Crippen molar-refractivity contribution in [1.82, 2.24) is 0 Å². The van der Waals surface area contributed by atoms with Gasteiger partial charge in [0.25, 0.3) is 0 Å². The van der Waals surface area contributed by atoms with E-state index < -0.39 is 0 Å². The van der Waals surface area contributed by atoms with Crippen molar-refractivity contribution in [2.45, 2.75) is 40.5 Å². The first-order chi connectivity index (χ1) is 6.45. The fourth-order valence-corrected chi connectivity index (χ4v) is 2.23. The Labute approximate surface area is 86.9 Å². The van der Waals surface area contributed by atoms with Gasteiger partial charge in [0.2, 0.25) is 0 Å². The van der Waals surface area contributed by atoms with Crippen LogP contribution in [0.5, 0.6) is 0 Å². The highest BCUT2D eigenvalue weighted by Gasteiger charge is 2.30. The molecule has 0 radical (unpaired) electrons. The number of carbonyl (C=O) groups is 1. The van der Waals surface area contributed by atoms with Gasteiger partial charge in [-0.25, -0.2) is 0 Å². The van der Waals surface area contributed by atoms with E-state index in [-0.39, 0.29) is 5.92 Å². The molecular formula is C13H20O. The average molecular weight is 192 g/mol. The first-order valence-corrected chi connectivity index (χ1v) is 5.35. The molecule has 0 saturated carbocycles. The van der Waals surface area contributed by atoms with Gasteiger partial charge in [-0.1, -0.05) is 26.0 Å². The van der Waals surface area contributed by atoms with Crippen LogP contribution in [0.3, 0.4) is 0 Å². The quantitative estimate of drug-likeness (QED) is 0.654. The zero-order valence-corrected chi connectivity index (χ0v) is 9.68. The van der Waals surface area contributed by atoms with Crippen molar-refractivity contribution in [3.8, 4) is 0 Å². The van der Waals surface area contributed by atoms with Gasteiger partial charge in [0.15, 0.2) is 5.78 Å². The Balaban J connectivity index is 3.02. The number of ketones is 1. The summed E-state index contributed by atoms with van der Waals surface area (Å²) in [6, 6.07) is 0. The third-order valence-electron chi connectivity index (χ3n) is 3.07. The Kier molecular flexibility index (Phi) is 3.30. The smallest absolute Gasteiger partial charge is 0.166 e. The van der Waals surface area contributed by atoms with Gasteiger partial charge >= 0.3 is 0 Å². The normalized spacial score (nSPS) is 23.2. The molecule has 1 nitrogen and oxygen atoms in total. The second-order valence-electron chi connectivity index (χ2n) is 4.69. The number of carbonyl (C=O) groups excluding carboxylic acids is 1. The fourth-order valence-electron chi connectivity index (χ4n) is 2.23. The monoisotopic (exact) mass is 192 g/mol. The summed E-state index contributed by atoms with van der Waals surface area (Å²) < 4.78 is 0. The first kappa shape index (κ1) is 11.2. The van der Waals surface area contributed by atoms with E-state index in [9.17, 15) is 4.79 Å². The van der Waals surface area contributed by atoms with Crippen LogP contribution < -0.4 is 0 Å². The molecule has 0 fully saturated rings. The minimum atomic E-state index is 0.213. The SMILES string of the molecule is C=C(C)C1=C(C)CCC(C(C)C)C1=O. The van der Waals surface area contributed by atoms with Crippen LogP contribution in [0.15, 0.2) is 23.3 Å². The molecule has 0 aliphatic heterocycles. The summed E-state index contributed by atoms with van der Waals surface area (Å²) in [4.78, 5) is 12.1. The lowest BCUT2D eigenvalue weighted by molar-refractivity contribution is -0.120. The molecular weight excluding hydrogens is 172 g/mol. The van der Waals surface area contributed by atoms with Crippen molar-refractivity contribution in [3.05, 3.63) is 23.3 Å². The largest absolute Gasteiger partial charge is 0.294 e. The van der Waals surface area contributed by atoms with E-state index in [1.807, 2.05) is 6.92 Å². The van der Waals surface area contributed by atoms with E-state index in [0.717, 1.165) is 24.0 Å². The van der Waals surface area contributed by atoms with Crippen LogP contribution in [0, 0.1) is 11.8 Å². The molecule has 0 spiro atoms. The molecule has 0 aromatic heterocycles. The minimum Gasteiger partial charge on any atom is -0.294 e. The lowest BCUT2D eigenvalue weighted by atomic mass is 9.76. The van der Waals surface area contributed by atoms with Crippen LogP contribution in [0.25, 0.3) is 0 Å². The van der Waals surface area contributed by atoms with E-state index in [4.69, 9.17) is 0 Å². The van der Waals surface area contributed by atoms with Gasteiger partial charge < -0.3 is 0 Å². The topological polar surface area (TPSA) is 17.1 Å². The zero-order chi connectivity index (χ0) is 10.9. The Morgan fingerprint density at radius 2 is 2.07 bits per heavy atom. The lowest BCUT2D eigenvalue weighted by Gasteiger charge is -2.27. The highest BCUT2D eigenvalue weighted by atomic mass is 16.1. The molecule has 0 N–H and O–H groups in total. The van der Waals surface area contributed by atoms with Crippen LogP contribution in [-0.2, 0) is 4.79 Å². The number of allylic oxidation sites excluding steroid dienone is 3. The predicted molar refractivity (Wildman–Crippen MR) is 60.1 cm³/mol. The van der Waals surface area contributed by atoms with E-state index in [1.54, 1.807) is 0 Å². The number of rotatable bonds is 2. The van der Waals surface area contributed by atoms with Crippen molar-refractivity contribution in [3.63, 3.8) is 0 Å². The van der Waals surface area contributed by atoms with Crippen LogP contribution in [0.1, 0.15) is 40.5 Å². The zero-order valence-electron chi connectivity index (χ0n) is 9.68. The number of hydrogen-bond acceptors (Lipinski definition) is 1. The summed E-state index contributed by atoms with van der Waals surface area (Å²) in [6.07, 6.45) is 2.07. The van der Waals surface area contributed by atoms with Crippen LogP contribution in [0.2, 0.25) is 0 Å². The van der Waals surface area contributed by atoms with E-state index in [1.165, 1.54) is 5.57 Å². The van der Waals surface area contributed by atoms with Crippen LogP contribution >= 0.6 is 0 Å². The molecule has 0 amide bonds. The molecule has 0 aromatic carbocycles. The Bertz CT molecular complexity index is 294. The van der Waals surface area contributed by atoms with E-state index >= 15 is 0 Å². The molecule has 1 aliphatic carbocycles. The summed E-state index contributed by atoms with van der Waals surface area (Å²) in [5.41, 5.74) is 3.06. The van der Waals surface area contributed by atoms with Crippen molar-refractivity contribution < 1.29 is 4.79 Å². The second-order valence-corrected chi connectivity index (χ2v) is 4.69. The van der Waals surface area contributed by atoms with Gasteiger partial charge in [0.05, 0.1) is 0 Å². The maximum Gasteiger partial charge on any atom is 0.166 e. The van der Waals surface area contributed by atoms with E-state index in [2.05, 4.69) is 27.4 Å². The lowest BCUT2D eigenvalue weighted by Crippen LogP contribution is -2.26. The maximum absolute atomic E-state index is 12.1.